The minimum atomic E-state index is 0.0410. The Balaban J connectivity index is 1.95. The molecule has 1 aromatic rings. The summed E-state index contributed by atoms with van der Waals surface area (Å²) >= 11 is 1.34. The maximum atomic E-state index is 11.7. The van der Waals surface area contributed by atoms with Crippen LogP contribution in [0.4, 0.5) is 5.13 Å². The minimum absolute atomic E-state index is 0.0410. The molecule has 0 aromatic carbocycles. The smallest absolute Gasteiger partial charge is 0.230 e. The fraction of sp³-hybridized carbons (Fsp3) is 0.625. The van der Waals surface area contributed by atoms with Crippen molar-refractivity contribution < 1.29 is 4.79 Å². The Labute approximate surface area is 85.9 Å². The first kappa shape index (κ1) is 9.54. The summed E-state index contributed by atoms with van der Waals surface area (Å²) in [5.41, 5.74) is 1.60. The van der Waals surface area contributed by atoms with Crippen LogP contribution in [-0.2, 0) is 4.79 Å². The van der Waals surface area contributed by atoms with Gasteiger partial charge in [0, 0.05) is 6.04 Å². The maximum Gasteiger partial charge on any atom is 0.230 e. The fourth-order valence-electron chi connectivity index (χ4n) is 1.64. The average molecular weight is 212 g/mol. The molecule has 2 heterocycles. The van der Waals surface area contributed by atoms with Crippen molar-refractivity contribution in [3.05, 3.63) is 5.51 Å². The van der Waals surface area contributed by atoms with Crippen LogP contribution in [0.15, 0.2) is 5.51 Å². The number of amides is 1. The molecule has 2 unspecified atom stereocenters. The highest BCUT2D eigenvalue weighted by Crippen LogP contribution is 2.18. The predicted octanol–water partition coefficient (Wildman–Crippen LogP) is 0.475. The molecule has 1 saturated heterocycles. The highest BCUT2D eigenvalue weighted by Gasteiger charge is 2.29. The van der Waals surface area contributed by atoms with Gasteiger partial charge in [-0.3, -0.25) is 4.79 Å². The van der Waals surface area contributed by atoms with Crippen molar-refractivity contribution in [2.24, 2.45) is 5.92 Å². The number of nitrogens with one attached hydrogen (secondary N) is 2. The van der Waals surface area contributed by atoms with Gasteiger partial charge in [-0.2, -0.15) is 0 Å². The SMILES string of the molecule is CC1NCCC1C(=O)Nc1nncs1. The molecule has 1 aromatic heterocycles. The Morgan fingerprint density at radius 3 is 3.21 bits per heavy atom. The molecular weight excluding hydrogens is 200 g/mol. The highest BCUT2D eigenvalue weighted by molar-refractivity contribution is 7.13. The molecule has 2 N–H and O–H groups in total. The van der Waals surface area contributed by atoms with Gasteiger partial charge in [-0.1, -0.05) is 11.3 Å². The van der Waals surface area contributed by atoms with E-state index >= 15 is 0 Å². The van der Waals surface area contributed by atoms with Crippen LogP contribution >= 0.6 is 11.3 Å². The zero-order valence-corrected chi connectivity index (χ0v) is 8.67. The van der Waals surface area contributed by atoms with E-state index in [1.807, 2.05) is 6.92 Å². The molecule has 1 aliphatic heterocycles. The van der Waals surface area contributed by atoms with Crippen LogP contribution in [0.25, 0.3) is 0 Å². The number of hydrogen-bond donors (Lipinski definition) is 2. The number of aromatic nitrogens is 2. The molecule has 5 nitrogen and oxygen atoms in total. The lowest BCUT2D eigenvalue weighted by molar-refractivity contribution is -0.120. The topological polar surface area (TPSA) is 66.9 Å². The summed E-state index contributed by atoms with van der Waals surface area (Å²) in [6, 6.07) is 0.253. The van der Waals surface area contributed by atoms with Gasteiger partial charge in [-0.25, -0.2) is 0 Å². The second-order valence-electron chi connectivity index (χ2n) is 3.37. The van der Waals surface area contributed by atoms with Crippen molar-refractivity contribution in [1.29, 1.82) is 0 Å². The molecule has 1 aliphatic rings. The van der Waals surface area contributed by atoms with Gasteiger partial charge in [-0.05, 0) is 19.9 Å². The molecule has 0 aliphatic carbocycles. The summed E-state index contributed by atoms with van der Waals surface area (Å²) in [4.78, 5) is 11.7. The summed E-state index contributed by atoms with van der Waals surface area (Å²) in [7, 11) is 0. The molecule has 1 amide bonds. The summed E-state index contributed by atoms with van der Waals surface area (Å²) in [6.45, 7) is 2.94. The van der Waals surface area contributed by atoms with E-state index in [0.29, 0.717) is 5.13 Å². The number of anilines is 1. The first-order valence-corrected chi connectivity index (χ1v) is 5.46. The van der Waals surface area contributed by atoms with E-state index in [4.69, 9.17) is 0 Å². The van der Waals surface area contributed by atoms with Crippen LogP contribution in [0, 0.1) is 5.92 Å². The quantitative estimate of drug-likeness (QED) is 0.748. The number of hydrogen-bond acceptors (Lipinski definition) is 5. The van der Waals surface area contributed by atoms with E-state index in [1.54, 1.807) is 5.51 Å². The van der Waals surface area contributed by atoms with Crippen molar-refractivity contribution in [3.8, 4) is 0 Å². The molecule has 0 spiro atoms. The Bertz CT molecular complexity index is 313. The van der Waals surface area contributed by atoms with Crippen molar-refractivity contribution in [1.82, 2.24) is 15.5 Å². The number of carbonyl (C=O) groups is 1. The molecule has 76 valence electrons. The normalized spacial score (nSPS) is 26.4. The van der Waals surface area contributed by atoms with Crippen molar-refractivity contribution in [2.75, 3.05) is 11.9 Å². The largest absolute Gasteiger partial charge is 0.313 e. The zero-order chi connectivity index (χ0) is 9.97. The Morgan fingerprint density at radius 1 is 1.79 bits per heavy atom. The van der Waals surface area contributed by atoms with E-state index < -0.39 is 0 Å². The van der Waals surface area contributed by atoms with Crippen LogP contribution in [-0.4, -0.2) is 28.7 Å². The van der Waals surface area contributed by atoms with Gasteiger partial charge in [0.1, 0.15) is 5.51 Å². The van der Waals surface area contributed by atoms with Gasteiger partial charge in [0.05, 0.1) is 5.92 Å². The van der Waals surface area contributed by atoms with Gasteiger partial charge >= 0.3 is 0 Å². The third-order valence-corrected chi connectivity index (χ3v) is 3.06. The third-order valence-electron chi connectivity index (χ3n) is 2.45. The first-order valence-electron chi connectivity index (χ1n) is 4.58. The summed E-state index contributed by atoms with van der Waals surface area (Å²) in [5.74, 6) is 0.0955. The lowest BCUT2D eigenvalue weighted by atomic mass is 10.0. The third kappa shape index (κ3) is 1.91. The second kappa shape index (κ2) is 4.02. The van der Waals surface area contributed by atoms with Gasteiger partial charge in [-0.15, -0.1) is 10.2 Å². The monoisotopic (exact) mass is 212 g/mol. The zero-order valence-electron chi connectivity index (χ0n) is 7.86. The summed E-state index contributed by atoms with van der Waals surface area (Å²) < 4.78 is 0. The number of nitrogens with zero attached hydrogens (tertiary/aromatic N) is 2. The van der Waals surface area contributed by atoms with Gasteiger partial charge in [0.15, 0.2) is 0 Å². The first-order chi connectivity index (χ1) is 6.77. The van der Waals surface area contributed by atoms with Crippen LogP contribution < -0.4 is 10.6 Å². The molecule has 2 atom stereocenters. The van der Waals surface area contributed by atoms with Gasteiger partial charge < -0.3 is 10.6 Å². The fourth-order valence-corrected chi connectivity index (χ4v) is 2.09. The second-order valence-corrected chi connectivity index (χ2v) is 4.20. The van der Waals surface area contributed by atoms with E-state index in [9.17, 15) is 4.79 Å². The average Bonchev–Trinajstić information content (AvgIpc) is 2.75. The predicted molar refractivity (Wildman–Crippen MR) is 54.1 cm³/mol. The van der Waals surface area contributed by atoms with Crippen LogP contribution in [0.2, 0.25) is 0 Å². The van der Waals surface area contributed by atoms with Gasteiger partial charge in [0.2, 0.25) is 11.0 Å². The molecular formula is C8H12N4OS. The lowest BCUT2D eigenvalue weighted by Crippen LogP contribution is -2.32. The summed E-state index contributed by atoms with van der Waals surface area (Å²) in [6.07, 6.45) is 0.895. The summed E-state index contributed by atoms with van der Waals surface area (Å²) in [5, 5.41) is 14.0. The molecule has 6 heteroatoms. The number of rotatable bonds is 2. The Hall–Kier alpha value is -1.01. The molecule has 0 radical (unpaired) electrons. The standard InChI is InChI=1S/C8H12N4OS/c1-5-6(2-3-9-5)7(13)11-8-12-10-4-14-8/h4-6,9H,2-3H2,1H3,(H,11,12,13). The van der Waals surface area contributed by atoms with E-state index in [0.717, 1.165) is 13.0 Å². The molecule has 1 fully saturated rings. The van der Waals surface area contributed by atoms with Crippen molar-refractivity contribution in [3.63, 3.8) is 0 Å². The Morgan fingerprint density at radius 2 is 2.64 bits per heavy atom. The molecule has 2 rings (SSSR count). The molecule has 14 heavy (non-hydrogen) atoms. The van der Waals surface area contributed by atoms with E-state index in [2.05, 4.69) is 20.8 Å². The number of carbonyl (C=O) groups excluding carboxylic acids is 1. The van der Waals surface area contributed by atoms with E-state index in [1.165, 1.54) is 11.3 Å². The highest BCUT2D eigenvalue weighted by atomic mass is 32.1. The molecule has 0 saturated carbocycles. The van der Waals surface area contributed by atoms with Gasteiger partial charge in [0.25, 0.3) is 0 Å². The van der Waals surface area contributed by atoms with Crippen LogP contribution in [0.3, 0.4) is 0 Å². The minimum Gasteiger partial charge on any atom is -0.313 e. The molecule has 0 bridgehead atoms. The maximum absolute atomic E-state index is 11.7. The lowest BCUT2D eigenvalue weighted by Gasteiger charge is -2.12. The Kier molecular flexibility index (Phi) is 2.74. The van der Waals surface area contributed by atoms with Crippen LogP contribution in [0.1, 0.15) is 13.3 Å². The van der Waals surface area contributed by atoms with Crippen LogP contribution in [0.5, 0.6) is 0 Å². The van der Waals surface area contributed by atoms with Crippen molar-refractivity contribution >= 4 is 22.4 Å². The van der Waals surface area contributed by atoms with E-state index in [-0.39, 0.29) is 17.9 Å². The van der Waals surface area contributed by atoms with Crippen molar-refractivity contribution in [2.45, 2.75) is 19.4 Å².